The standard InChI is InChI=1S/C16H19NOS/c1-13(17)15-9-5-6-10-16(15)18-11-12-19-14-7-3-2-4-8-14/h2-10,13H,11-12,17H2,1H3/t13-/m0/s1. The van der Waals surface area contributed by atoms with Crippen molar-refractivity contribution in [2.75, 3.05) is 12.4 Å². The summed E-state index contributed by atoms with van der Waals surface area (Å²) < 4.78 is 5.82. The van der Waals surface area contributed by atoms with Crippen LogP contribution in [-0.2, 0) is 0 Å². The van der Waals surface area contributed by atoms with E-state index in [1.165, 1.54) is 4.90 Å². The largest absolute Gasteiger partial charge is 0.492 e. The van der Waals surface area contributed by atoms with Crippen molar-refractivity contribution in [2.24, 2.45) is 5.73 Å². The lowest BCUT2D eigenvalue weighted by molar-refractivity contribution is 0.338. The molecule has 2 N–H and O–H groups in total. The first kappa shape index (κ1) is 14.0. The van der Waals surface area contributed by atoms with Crippen LogP contribution in [0.3, 0.4) is 0 Å². The van der Waals surface area contributed by atoms with E-state index in [0.29, 0.717) is 6.61 Å². The summed E-state index contributed by atoms with van der Waals surface area (Å²) in [4.78, 5) is 1.27. The van der Waals surface area contributed by atoms with Crippen molar-refractivity contribution >= 4 is 11.8 Å². The Labute approximate surface area is 119 Å². The zero-order valence-corrected chi connectivity index (χ0v) is 11.9. The van der Waals surface area contributed by atoms with Crippen molar-refractivity contribution in [3.63, 3.8) is 0 Å². The Morgan fingerprint density at radius 1 is 1.05 bits per heavy atom. The molecule has 100 valence electrons. The first-order valence-corrected chi connectivity index (χ1v) is 7.41. The van der Waals surface area contributed by atoms with Crippen LogP contribution in [0.4, 0.5) is 0 Å². The molecule has 0 fully saturated rings. The number of nitrogens with two attached hydrogens (primary N) is 1. The molecule has 2 rings (SSSR count). The molecule has 0 heterocycles. The Morgan fingerprint density at radius 2 is 1.74 bits per heavy atom. The molecule has 2 nitrogen and oxygen atoms in total. The van der Waals surface area contributed by atoms with Gasteiger partial charge in [-0.15, -0.1) is 11.8 Å². The Hall–Kier alpha value is -1.45. The van der Waals surface area contributed by atoms with Gasteiger partial charge in [-0.25, -0.2) is 0 Å². The van der Waals surface area contributed by atoms with E-state index in [1.807, 2.05) is 37.3 Å². The molecule has 0 saturated heterocycles. The third-order valence-electron chi connectivity index (χ3n) is 2.76. The molecule has 1 atom stereocenters. The number of hydrogen-bond acceptors (Lipinski definition) is 3. The SMILES string of the molecule is C[C@H](N)c1ccccc1OCCSc1ccccc1. The van der Waals surface area contributed by atoms with Crippen LogP contribution in [0.15, 0.2) is 59.5 Å². The Bertz CT molecular complexity index is 499. The second-order valence-corrected chi connectivity index (χ2v) is 5.50. The van der Waals surface area contributed by atoms with E-state index in [9.17, 15) is 0 Å². The van der Waals surface area contributed by atoms with Crippen LogP contribution in [-0.4, -0.2) is 12.4 Å². The molecule has 0 saturated carbocycles. The minimum atomic E-state index is -0.00187. The fourth-order valence-electron chi connectivity index (χ4n) is 1.82. The maximum atomic E-state index is 5.92. The number of thioether (sulfide) groups is 1. The van der Waals surface area contributed by atoms with E-state index in [1.54, 1.807) is 11.8 Å². The minimum absolute atomic E-state index is 0.00187. The van der Waals surface area contributed by atoms with Crippen LogP contribution in [0, 0.1) is 0 Å². The lowest BCUT2D eigenvalue weighted by Gasteiger charge is -2.13. The van der Waals surface area contributed by atoms with E-state index < -0.39 is 0 Å². The normalized spacial score (nSPS) is 12.1. The zero-order valence-electron chi connectivity index (χ0n) is 11.1. The second kappa shape index (κ2) is 7.22. The molecule has 0 amide bonds. The van der Waals surface area contributed by atoms with Crippen molar-refractivity contribution in [3.05, 3.63) is 60.2 Å². The summed E-state index contributed by atoms with van der Waals surface area (Å²) in [5.74, 6) is 1.82. The number of hydrogen-bond donors (Lipinski definition) is 1. The van der Waals surface area contributed by atoms with Crippen molar-refractivity contribution in [1.82, 2.24) is 0 Å². The predicted molar refractivity (Wildman–Crippen MR) is 81.7 cm³/mol. The van der Waals surface area contributed by atoms with Crippen LogP contribution >= 0.6 is 11.8 Å². The van der Waals surface area contributed by atoms with Gasteiger partial charge in [0.15, 0.2) is 0 Å². The maximum absolute atomic E-state index is 5.92. The fraction of sp³-hybridized carbons (Fsp3) is 0.250. The molecule has 0 bridgehead atoms. The van der Waals surface area contributed by atoms with Gasteiger partial charge in [-0.3, -0.25) is 0 Å². The summed E-state index contributed by atoms with van der Waals surface area (Å²) in [6.45, 7) is 2.66. The molecule has 0 unspecified atom stereocenters. The number of ether oxygens (including phenoxy) is 1. The highest BCUT2D eigenvalue weighted by atomic mass is 32.2. The van der Waals surface area contributed by atoms with Gasteiger partial charge in [0.2, 0.25) is 0 Å². The minimum Gasteiger partial charge on any atom is -0.492 e. The van der Waals surface area contributed by atoms with E-state index in [-0.39, 0.29) is 6.04 Å². The molecule has 19 heavy (non-hydrogen) atoms. The van der Waals surface area contributed by atoms with E-state index in [4.69, 9.17) is 10.5 Å². The third kappa shape index (κ3) is 4.30. The van der Waals surface area contributed by atoms with Crippen molar-refractivity contribution in [3.8, 4) is 5.75 Å². The van der Waals surface area contributed by atoms with Crippen molar-refractivity contribution in [1.29, 1.82) is 0 Å². The van der Waals surface area contributed by atoms with Gasteiger partial charge in [0.1, 0.15) is 5.75 Å². The number of benzene rings is 2. The fourth-order valence-corrected chi connectivity index (χ4v) is 2.57. The molecule has 0 aliphatic heterocycles. The molecular formula is C16H19NOS. The molecule has 2 aromatic rings. The summed E-state index contributed by atoms with van der Waals surface area (Å²) in [5, 5.41) is 0. The summed E-state index contributed by atoms with van der Waals surface area (Å²) >= 11 is 1.80. The molecule has 0 aliphatic rings. The summed E-state index contributed by atoms with van der Waals surface area (Å²) in [6, 6.07) is 18.3. The third-order valence-corrected chi connectivity index (χ3v) is 3.74. The molecule has 0 spiro atoms. The molecule has 0 aliphatic carbocycles. The molecule has 2 aromatic carbocycles. The van der Waals surface area contributed by atoms with Gasteiger partial charge in [0.05, 0.1) is 6.61 Å². The average Bonchev–Trinajstić information content (AvgIpc) is 2.45. The van der Waals surface area contributed by atoms with Gasteiger partial charge < -0.3 is 10.5 Å². The van der Waals surface area contributed by atoms with Crippen molar-refractivity contribution in [2.45, 2.75) is 17.9 Å². The van der Waals surface area contributed by atoms with Gasteiger partial charge in [-0.1, -0.05) is 36.4 Å². The first-order chi connectivity index (χ1) is 9.27. The Morgan fingerprint density at radius 3 is 2.47 bits per heavy atom. The van der Waals surface area contributed by atoms with Crippen molar-refractivity contribution < 1.29 is 4.74 Å². The highest BCUT2D eigenvalue weighted by Crippen LogP contribution is 2.24. The topological polar surface area (TPSA) is 35.2 Å². The lowest BCUT2D eigenvalue weighted by Crippen LogP contribution is -2.09. The Balaban J connectivity index is 1.83. The van der Waals surface area contributed by atoms with Gasteiger partial charge >= 0.3 is 0 Å². The van der Waals surface area contributed by atoms with Crippen LogP contribution < -0.4 is 10.5 Å². The lowest BCUT2D eigenvalue weighted by atomic mass is 10.1. The summed E-state index contributed by atoms with van der Waals surface area (Å²) in [7, 11) is 0. The van der Waals surface area contributed by atoms with Gasteiger partial charge in [0.25, 0.3) is 0 Å². The molecule has 0 radical (unpaired) electrons. The molecule has 0 aromatic heterocycles. The number of para-hydroxylation sites is 1. The van der Waals surface area contributed by atoms with E-state index in [2.05, 4.69) is 24.3 Å². The van der Waals surface area contributed by atoms with Crippen LogP contribution in [0.5, 0.6) is 5.75 Å². The monoisotopic (exact) mass is 273 g/mol. The highest BCUT2D eigenvalue weighted by molar-refractivity contribution is 7.99. The Kier molecular flexibility index (Phi) is 5.31. The maximum Gasteiger partial charge on any atom is 0.124 e. The van der Waals surface area contributed by atoms with Crippen LogP contribution in [0.25, 0.3) is 0 Å². The smallest absolute Gasteiger partial charge is 0.124 e. The molecular weight excluding hydrogens is 254 g/mol. The molecule has 3 heteroatoms. The van der Waals surface area contributed by atoms with Gasteiger partial charge in [-0.2, -0.15) is 0 Å². The van der Waals surface area contributed by atoms with Crippen LogP contribution in [0.2, 0.25) is 0 Å². The van der Waals surface area contributed by atoms with Gasteiger partial charge in [-0.05, 0) is 25.1 Å². The van der Waals surface area contributed by atoms with E-state index >= 15 is 0 Å². The zero-order chi connectivity index (χ0) is 13.5. The summed E-state index contributed by atoms with van der Waals surface area (Å²) in [5.41, 5.74) is 6.99. The van der Waals surface area contributed by atoms with E-state index in [0.717, 1.165) is 17.1 Å². The van der Waals surface area contributed by atoms with Crippen LogP contribution in [0.1, 0.15) is 18.5 Å². The first-order valence-electron chi connectivity index (χ1n) is 6.42. The quantitative estimate of drug-likeness (QED) is 0.641. The number of rotatable bonds is 6. The average molecular weight is 273 g/mol. The van der Waals surface area contributed by atoms with Gasteiger partial charge in [0, 0.05) is 22.3 Å². The highest BCUT2D eigenvalue weighted by Gasteiger charge is 2.06. The summed E-state index contributed by atoms with van der Waals surface area (Å²) in [6.07, 6.45) is 0. The second-order valence-electron chi connectivity index (χ2n) is 4.34. The predicted octanol–water partition coefficient (Wildman–Crippen LogP) is 3.88.